The number of rotatable bonds is 6. The van der Waals surface area contributed by atoms with E-state index in [-0.39, 0.29) is 18.0 Å². The highest BCUT2D eigenvalue weighted by atomic mass is 32.2. The van der Waals surface area contributed by atoms with Gasteiger partial charge in [0.15, 0.2) is 0 Å². The van der Waals surface area contributed by atoms with Crippen LogP contribution in [0.2, 0.25) is 0 Å². The van der Waals surface area contributed by atoms with Crippen molar-refractivity contribution in [3.8, 4) is 5.75 Å². The van der Waals surface area contributed by atoms with Crippen LogP contribution < -0.4 is 15.0 Å². The van der Waals surface area contributed by atoms with Crippen molar-refractivity contribution in [1.29, 1.82) is 0 Å². The molecule has 0 atom stereocenters. The summed E-state index contributed by atoms with van der Waals surface area (Å²) in [5, 5.41) is 3.08. The zero-order valence-corrected chi connectivity index (χ0v) is 17.9. The van der Waals surface area contributed by atoms with Gasteiger partial charge in [0.1, 0.15) is 29.5 Å². The number of pyridine rings is 1. The number of hydrogen-bond donors (Lipinski definition) is 1. The largest absolute Gasteiger partial charge is 0.573 e. The zero-order valence-electron chi connectivity index (χ0n) is 17.1. The third-order valence-electron chi connectivity index (χ3n) is 4.83. The van der Waals surface area contributed by atoms with Gasteiger partial charge >= 0.3 is 6.36 Å². The Balaban J connectivity index is 1.40. The van der Waals surface area contributed by atoms with Crippen molar-refractivity contribution >= 4 is 27.5 Å². The highest BCUT2D eigenvalue weighted by Gasteiger charge is 2.32. The molecule has 1 fully saturated rings. The van der Waals surface area contributed by atoms with E-state index < -0.39 is 22.1 Å². The maximum atomic E-state index is 12.9. The van der Waals surface area contributed by atoms with Crippen LogP contribution in [0.25, 0.3) is 0 Å². The average Bonchev–Trinajstić information content (AvgIpc) is 2.79. The number of benzene rings is 1. The number of aromatic nitrogens is 3. The second kappa shape index (κ2) is 9.19. The molecule has 3 heterocycles. The highest BCUT2D eigenvalue weighted by molar-refractivity contribution is 7.89. The zero-order chi connectivity index (χ0) is 23.5. The van der Waals surface area contributed by atoms with Crippen molar-refractivity contribution in [3.63, 3.8) is 0 Å². The molecule has 1 N–H and O–H groups in total. The van der Waals surface area contributed by atoms with Crippen LogP contribution in [0.5, 0.6) is 5.75 Å². The Hall–Kier alpha value is -3.45. The van der Waals surface area contributed by atoms with E-state index in [1.54, 1.807) is 24.4 Å². The summed E-state index contributed by atoms with van der Waals surface area (Å²) in [6, 6.07) is 11.3. The van der Waals surface area contributed by atoms with Crippen LogP contribution in [-0.4, -0.2) is 60.2 Å². The molecule has 0 aliphatic carbocycles. The monoisotopic (exact) mass is 480 g/mol. The fourth-order valence-electron chi connectivity index (χ4n) is 3.28. The molecular weight excluding hydrogens is 461 g/mol. The lowest BCUT2D eigenvalue weighted by atomic mass is 10.3. The topological polar surface area (TPSA) is 101 Å². The molecule has 13 heteroatoms. The Morgan fingerprint density at radius 2 is 1.64 bits per heavy atom. The van der Waals surface area contributed by atoms with Crippen molar-refractivity contribution in [2.24, 2.45) is 0 Å². The van der Waals surface area contributed by atoms with Crippen LogP contribution in [0.4, 0.5) is 30.6 Å². The minimum Gasteiger partial charge on any atom is -0.406 e. The van der Waals surface area contributed by atoms with Crippen molar-refractivity contribution < 1.29 is 26.3 Å². The lowest BCUT2D eigenvalue weighted by Crippen LogP contribution is -2.48. The van der Waals surface area contributed by atoms with Crippen LogP contribution >= 0.6 is 0 Å². The fraction of sp³-hybridized carbons (Fsp3) is 0.250. The van der Waals surface area contributed by atoms with Crippen LogP contribution in [0.15, 0.2) is 66.0 Å². The number of anilines is 3. The molecule has 0 saturated carbocycles. The summed E-state index contributed by atoms with van der Waals surface area (Å²) >= 11 is 0. The van der Waals surface area contributed by atoms with Gasteiger partial charge in [0.2, 0.25) is 10.0 Å². The number of hydrogen-bond acceptors (Lipinski definition) is 8. The molecule has 174 valence electrons. The minimum absolute atomic E-state index is 0.102. The van der Waals surface area contributed by atoms with E-state index in [1.807, 2.05) is 11.0 Å². The van der Waals surface area contributed by atoms with Gasteiger partial charge in [-0.1, -0.05) is 6.07 Å². The molecule has 0 radical (unpaired) electrons. The first-order chi connectivity index (χ1) is 15.7. The molecule has 33 heavy (non-hydrogen) atoms. The van der Waals surface area contributed by atoms with E-state index in [0.717, 1.165) is 24.3 Å². The van der Waals surface area contributed by atoms with Gasteiger partial charge in [-0.05, 0) is 36.4 Å². The van der Waals surface area contributed by atoms with E-state index in [4.69, 9.17) is 0 Å². The summed E-state index contributed by atoms with van der Waals surface area (Å²) in [5.41, 5.74) is 0. The van der Waals surface area contributed by atoms with Gasteiger partial charge in [-0.3, -0.25) is 0 Å². The molecule has 0 amide bonds. The summed E-state index contributed by atoms with van der Waals surface area (Å²) in [4.78, 5) is 14.5. The first-order valence-electron chi connectivity index (χ1n) is 9.82. The standard InChI is InChI=1S/C20H19F3N6O3S/c21-20(22,23)32-15-4-6-16(7-5-15)33(30,31)29-11-9-28(10-12-29)19-13-18(25-14-26-19)27-17-3-1-2-8-24-17/h1-8,13-14H,9-12H2,(H,24,25,26,27). The number of nitrogens with zero attached hydrogens (tertiary/aromatic N) is 5. The van der Waals surface area contributed by atoms with E-state index in [0.29, 0.717) is 30.5 Å². The SMILES string of the molecule is O=S(=O)(c1ccc(OC(F)(F)F)cc1)N1CCN(c2cc(Nc3ccccn3)ncn2)CC1. The molecule has 1 saturated heterocycles. The van der Waals surface area contributed by atoms with Crippen LogP contribution in [0.3, 0.4) is 0 Å². The molecule has 9 nitrogen and oxygen atoms in total. The average molecular weight is 480 g/mol. The van der Waals surface area contributed by atoms with Crippen molar-refractivity contribution in [2.75, 3.05) is 36.4 Å². The molecule has 3 aromatic rings. The number of alkyl halides is 3. The number of piperazine rings is 1. The normalized spacial score (nSPS) is 15.3. The molecule has 4 rings (SSSR count). The third-order valence-corrected chi connectivity index (χ3v) is 6.74. The van der Waals surface area contributed by atoms with E-state index in [9.17, 15) is 21.6 Å². The summed E-state index contributed by atoms with van der Waals surface area (Å²) in [5.74, 6) is 1.33. The molecule has 2 aromatic heterocycles. The number of ether oxygens (including phenoxy) is 1. The summed E-state index contributed by atoms with van der Waals surface area (Å²) < 4.78 is 67.8. The van der Waals surface area contributed by atoms with Crippen LogP contribution in [-0.2, 0) is 10.0 Å². The number of nitrogens with one attached hydrogen (secondary N) is 1. The molecule has 1 aliphatic rings. The van der Waals surface area contributed by atoms with Gasteiger partial charge in [-0.25, -0.2) is 23.4 Å². The van der Waals surface area contributed by atoms with Crippen molar-refractivity contribution in [1.82, 2.24) is 19.3 Å². The second-order valence-corrected chi connectivity index (χ2v) is 8.95. The third kappa shape index (κ3) is 5.68. The smallest absolute Gasteiger partial charge is 0.406 e. The highest BCUT2D eigenvalue weighted by Crippen LogP contribution is 2.26. The molecule has 0 spiro atoms. The molecular formula is C20H19F3N6O3S. The number of halogens is 3. The number of sulfonamides is 1. The van der Waals surface area contributed by atoms with Crippen molar-refractivity contribution in [2.45, 2.75) is 11.3 Å². The van der Waals surface area contributed by atoms with E-state index in [1.165, 1.54) is 10.6 Å². The Bertz CT molecular complexity index is 1190. The van der Waals surface area contributed by atoms with Gasteiger partial charge < -0.3 is 15.0 Å². The van der Waals surface area contributed by atoms with Gasteiger partial charge in [-0.2, -0.15) is 4.31 Å². The second-order valence-electron chi connectivity index (χ2n) is 7.01. The summed E-state index contributed by atoms with van der Waals surface area (Å²) in [6.07, 6.45) is -1.78. The Labute approximate surface area is 187 Å². The van der Waals surface area contributed by atoms with Gasteiger partial charge in [0.25, 0.3) is 0 Å². The van der Waals surface area contributed by atoms with E-state index >= 15 is 0 Å². The van der Waals surface area contributed by atoms with E-state index in [2.05, 4.69) is 25.0 Å². The quantitative estimate of drug-likeness (QED) is 0.575. The van der Waals surface area contributed by atoms with Gasteiger partial charge in [0, 0.05) is 38.4 Å². The lowest BCUT2D eigenvalue weighted by molar-refractivity contribution is -0.274. The summed E-state index contributed by atoms with van der Waals surface area (Å²) in [6.45, 7) is 1.15. The first-order valence-corrected chi connectivity index (χ1v) is 11.3. The van der Waals surface area contributed by atoms with Crippen molar-refractivity contribution in [3.05, 3.63) is 61.1 Å². The Morgan fingerprint density at radius 3 is 2.27 bits per heavy atom. The fourth-order valence-corrected chi connectivity index (χ4v) is 4.70. The lowest BCUT2D eigenvalue weighted by Gasteiger charge is -2.34. The van der Waals surface area contributed by atoms with Crippen LogP contribution in [0.1, 0.15) is 0 Å². The minimum atomic E-state index is -4.84. The predicted molar refractivity (Wildman–Crippen MR) is 114 cm³/mol. The molecule has 1 aliphatic heterocycles. The maximum absolute atomic E-state index is 12.9. The first kappa shape index (κ1) is 22.7. The molecule has 0 bridgehead atoms. The van der Waals surface area contributed by atoms with Gasteiger partial charge in [-0.15, -0.1) is 13.2 Å². The van der Waals surface area contributed by atoms with Gasteiger partial charge in [0.05, 0.1) is 4.90 Å². The predicted octanol–water partition coefficient (Wildman–Crippen LogP) is 3.02. The summed E-state index contributed by atoms with van der Waals surface area (Å²) in [7, 11) is -3.86. The molecule has 0 unspecified atom stereocenters. The molecule has 1 aromatic carbocycles. The van der Waals surface area contributed by atoms with Crippen LogP contribution in [0, 0.1) is 0 Å². The maximum Gasteiger partial charge on any atom is 0.573 e. The Morgan fingerprint density at radius 1 is 0.909 bits per heavy atom. The Kier molecular flexibility index (Phi) is 6.33.